The Morgan fingerprint density at radius 3 is 2.64 bits per heavy atom. The van der Waals surface area contributed by atoms with Gasteiger partial charge in [0, 0.05) is 6.04 Å². The lowest BCUT2D eigenvalue weighted by atomic mass is 10.4. The summed E-state index contributed by atoms with van der Waals surface area (Å²) in [5, 5.41) is 5.28. The molecule has 0 heterocycles. The van der Waals surface area contributed by atoms with Crippen molar-refractivity contribution in [1.29, 1.82) is 0 Å². The fourth-order valence-corrected chi connectivity index (χ4v) is 0.526. The van der Waals surface area contributed by atoms with Gasteiger partial charge in [0.1, 0.15) is 0 Å². The van der Waals surface area contributed by atoms with Gasteiger partial charge in [-0.25, -0.2) is 4.79 Å². The van der Waals surface area contributed by atoms with Crippen LogP contribution >= 0.6 is 0 Å². The normalized spacial score (nSPS) is 8.36. The molecule has 0 aromatic heterocycles. The molecule has 0 unspecified atom stereocenters. The van der Waals surface area contributed by atoms with E-state index in [1.165, 1.54) is 0 Å². The van der Waals surface area contributed by atoms with Gasteiger partial charge in [-0.1, -0.05) is 5.92 Å². The van der Waals surface area contributed by atoms with Crippen LogP contribution in [0.5, 0.6) is 0 Å². The van der Waals surface area contributed by atoms with Gasteiger partial charge in [0.05, 0.1) is 6.54 Å². The molecule has 3 nitrogen and oxygen atoms in total. The molecule has 11 heavy (non-hydrogen) atoms. The van der Waals surface area contributed by atoms with E-state index in [-0.39, 0.29) is 12.1 Å². The molecule has 2 amide bonds. The quantitative estimate of drug-likeness (QED) is 0.565. The first-order valence-corrected chi connectivity index (χ1v) is 3.60. The predicted molar refractivity (Wildman–Crippen MR) is 45.1 cm³/mol. The van der Waals surface area contributed by atoms with Crippen molar-refractivity contribution in [2.45, 2.75) is 26.8 Å². The van der Waals surface area contributed by atoms with Crippen molar-refractivity contribution in [2.24, 2.45) is 0 Å². The molecule has 0 rings (SSSR count). The minimum Gasteiger partial charge on any atom is -0.336 e. The molecule has 0 aromatic rings. The molecule has 62 valence electrons. The van der Waals surface area contributed by atoms with Gasteiger partial charge in [-0.2, -0.15) is 0 Å². The second kappa shape index (κ2) is 5.60. The minimum atomic E-state index is -0.164. The molecule has 0 bridgehead atoms. The fourth-order valence-electron chi connectivity index (χ4n) is 0.526. The zero-order valence-corrected chi connectivity index (χ0v) is 7.19. The lowest BCUT2D eigenvalue weighted by Crippen LogP contribution is -2.39. The lowest BCUT2D eigenvalue weighted by Gasteiger charge is -2.07. The summed E-state index contributed by atoms with van der Waals surface area (Å²) >= 11 is 0. The largest absolute Gasteiger partial charge is 0.336 e. The Labute approximate surface area is 67.6 Å². The maximum Gasteiger partial charge on any atom is 0.315 e. The Morgan fingerprint density at radius 1 is 1.55 bits per heavy atom. The highest BCUT2D eigenvalue weighted by molar-refractivity contribution is 5.74. The Morgan fingerprint density at radius 2 is 2.18 bits per heavy atom. The fraction of sp³-hybridized carbons (Fsp3) is 0.625. The van der Waals surface area contributed by atoms with E-state index in [2.05, 4.69) is 22.5 Å². The summed E-state index contributed by atoms with van der Waals surface area (Å²) in [5.74, 6) is 5.41. The summed E-state index contributed by atoms with van der Waals surface area (Å²) in [7, 11) is 0. The number of carbonyl (C=O) groups is 1. The summed E-state index contributed by atoms with van der Waals surface area (Å²) in [6.45, 7) is 5.97. The number of urea groups is 1. The van der Waals surface area contributed by atoms with Gasteiger partial charge in [0.2, 0.25) is 0 Å². The number of hydrogen-bond donors (Lipinski definition) is 2. The van der Waals surface area contributed by atoms with E-state index in [0.29, 0.717) is 6.54 Å². The van der Waals surface area contributed by atoms with Crippen molar-refractivity contribution >= 4 is 6.03 Å². The van der Waals surface area contributed by atoms with Crippen molar-refractivity contribution in [3.63, 3.8) is 0 Å². The van der Waals surface area contributed by atoms with E-state index in [0.717, 1.165) is 0 Å². The molecule has 0 aliphatic carbocycles. The Balaban J connectivity index is 3.43. The van der Waals surface area contributed by atoms with Gasteiger partial charge >= 0.3 is 6.03 Å². The second-order valence-electron chi connectivity index (χ2n) is 2.41. The number of rotatable bonds is 2. The third-order valence-corrected chi connectivity index (χ3v) is 0.934. The molecule has 0 aliphatic heterocycles. The van der Waals surface area contributed by atoms with Crippen LogP contribution in [0.3, 0.4) is 0 Å². The number of carbonyl (C=O) groups excluding carboxylic acids is 1. The van der Waals surface area contributed by atoms with E-state index in [1.54, 1.807) is 6.92 Å². The van der Waals surface area contributed by atoms with Crippen LogP contribution in [0.25, 0.3) is 0 Å². The van der Waals surface area contributed by atoms with Crippen molar-refractivity contribution in [3.8, 4) is 11.8 Å². The summed E-state index contributed by atoms with van der Waals surface area (Å²) in [4.78, 5) is 10.8. The van der Waals surface area contributed by atoms with Crippen molar-refractivity contribution < 1.29 is 4.79 Å². The molecule has 0 aromatic carbocycles. The molecule has 0 radical (unpaired) electrons. The van der Waals surface area contributed by atoms with Crippen LogP contribution in [-0.2, 0) is 0 Å². The van der Waals surface area contributed by atoms with Crippen LogP contribution in [0.15, 0.2) is 0 Å². The molecule has 0 saturated heterocycles. The Hall–Kier alpha value is -1.17. The van der Waals surface area contributed by atoms with Gasteiger partial charge in [0.25, 0.3) is 0 Å². The van der Waals surface area contributed by atoms with Crippen LogP contribution in [0.4, 0.5) is 4.79 Å². The molecule has 0 fully saturated rings. The third-order valence-electron chi connectivity index (χ3n) is 0.934. The number of hydrogen-bond acceptors (Lipinski definition) is 1. The molecule has 2 N–H and O–H groups in total. The topological polar surface area (TPSA) is 41.1 Å². The van der Waals surface area contributed by atoms with Crippen LogP contribution in [-0.4, -0.2) is 18.6 Å². The molecule has 0 aliphatic rings. The van der Waals surface area contributed by atoms with Gasteiger partial charge in [0.15, 0.2) is 0 Å². The predicted octanol–water partition coefficient (Wildman–Crippen LogP) is 0.717. The molecule has 3 heteroatoms. The van der Waals surface area contributed by atoms with Crippen molar-refractivity contribution in [3.05, 3.63) is 0 Å². The zero-order valence-electron chi connectivity index (χ0n) is 7.19. The first kappa shape index (κ1) is 9.83. The average molecular weight is 154 g/mol. The number of nitrogens with one attached hydrogen (secondary N) is 2. The molecule has 0 atom stereocenters. The van der Waals surface area contributed by atoms with E-state index in [1.807, 2.05) is 13.8 Å². The number of amides is 2. The SMILES string of the molecule is CC#CCNC(=O)NC(C)C. The highest BCUT2D eigenvalue weighted by Crippen LogP contribution is 1.74. The maximum absolute atomic E-state index is 10.8. The highest BCUT2D eigenvalue weighted by atomic mass is 16.2. The Kier molecular flexibility index (Phi) is 5.01. The van der Waals surface area contributed by atoms with Crippen LogP contribution < -0.4 is 10.6 Å². The summed E-state index contributed by atoms with van der Waals surface area (Å²) in [6, 6.07) is 0.00679. The van der Waals surface area contributed by atoms with Crippen LogP contribution in [0.2, 0.25) is 0 Å². The van der Waals surface area contributed by atoms with Crippen molar-refractivity contribution in [2.75, 3.05) is 6.54 Å². The van der Waals surface area contributed by atoms with Gasteiger partial charge in [-0.3, -0.25) is 0 Å². The standard InChI is InChI=1S/C8H14N2O/c1-4-5-6-9-8(11)10-7(2)3/h7H,6H2,1-3H3,(H2,9,10,11). The smallest absolute Gasteiger partial charge is 0.315 e. The Bertz CT molecular complexity index is 176. The summed E-state index contributed by atoms with van der Waals surface area (Å²) < 4.78 is 0. The summed E-state index contributed by atoms with van der Waals surface area (Å²) in [5.41, 5.74) is 0. The maximum atomic E-state index is 10.8. The molecule has 0 saturated carbocycles. The highest BCUT2D eigenvalue weighted by Gasteiger charge is 1.98. The van der Waals surface area contributed by atoms with Gasteiger partial charge < -0.3 is 10.6 Å². The first-order valence-electron chi connectivity index (χ1n) is 3.60. The van der Waals surface area contributed by atoms with Gasteiger partial charge in [-0.15, -0.1) is 5.92 Å². The zero-order chi connectivity index (χ0) is 8.69. The van der Waals surface area contributed by atoms with Crippen molar-refractivity contribution in [1.82, 2.24) is 10.6 Å². The lowest BCUT2D eigenvalue weighted by molar-refractivity contribution is 0.240. The van der Waals surface area contributed by atoms with E-state index in [9.17, 15) is 4.79 Å². The first-order chi connectivity index (χ1) is 5.16. The summed E-state index contributed by atoms with van der Waals surface area (Å²) in [6.07, 6.45) is 0. The molecule has 0 spiro atoms. The van der Waals surface area contributed by atoms with Crippen LogP contribution in [0, 0.1) is 11.8 Å². The molecular formula is C8H14N2O. The minimum absolute atomic E-state index is 0.164. The average Bonchev–Trinajstić information content (AvgIpc) is 1.86. The van der Waals surface area contributed by atoms with Crippen LogP contribution in [0.1, 0.15) is 20.8 Å². The monoisotopic (exact) mass is 154 g/mol. The second-order valence-corrected chi connectivity index (χ2v) is 2.41. The third kappa shape index (κ3) is 6.72. The van der Waals surface area contributed by atoms with E-state index < -0.39 is 0 Å². The van der Waals surface area contributed by atoms with Gasteiger partial charge in [-0.05, 0) is 20.8 Å². The van der Waals surface area contributed by atoms with E-state index >= 15 is 0 Å². The molecular weight excluding hydrogens is 140 g/mol. The van der Waals surface area contributed by atoms with E-state index in [4.69, 9.17) is 0 Å².